The van der Waals surface area contributed by atoms with Gasteiger partial charge in [0.25, 0.3) is 0 Å². The molecule has 2 nitrogen and oxygen atoms in total. The summed E-state index contributed by atoms with van der Waals surface area (Å²) < 4.78 is 13.0. The Hall–Kier alpha value is -1.11. The number of hydrogen-bond donors (Lipinski definition) is 1. The summed E-state index contributed by atoms with van der Waals surface area (Å²) in [5.41, 5.74) is -0.302. The predicted molar refractivity (Wildman–Crippen MR) is 67.3 cm³/mol. The second-order valence-corrected chi connectivity index (χ2v) is 4.72. The van der Waals surface area contributed by atoms with Crippen molar-refractivity contribution >= 4 is 11.6 Å². The van der Waals surface area contributed by atoms with Gasteiger partial charge in [0.1, 0.15) is 11.4 Å². The summed E-state index contributed by atoms with van der Waals surface area (Å²) in [4.78, 5) is 0. The lowest BCUT2D eigenvalue weighted by atomic mass is 9.92. The van der Waals surface area contributed by atoms with Gasteiger partial charge in [0, 0.05) is 16.6 Å². The van der Waals surface area contributed by atoms with Gasteiger partial charge in [0.2, 0.25) is 0 Å². The smallest absolute Gasteiger partial charge is 0.131 e. The van der Waals surface area contributed by atoms with Crippen molar-refractivity contribution < 1.29 is 4.39 Å². The molecule has 92 valence electrons. The van der Waals surface area contributed by atoms with Crippen LogP contribution in [0.5, 0.6) is 0 Å². The summed E-state index contributed by atoms with van der Waals surface area (Å²) in [5.74, 6) is -0.400. The van der Waals surface area contributed by atoms with Crippen LogP contribution < -0.4 is 5.32 Å². The molecule has 0 aromatic heterocycles. The van der Waals surface area contributed by atoms with Crippen molar-refractivity contribution in [3.63, 3.8) is 0 Å². The third-order valence-corrected chi connectivity index (χ3v) is 3.15. The fraction of sp³-hybridized carbons (Fsp3) is 0.462. The second-order valence-electron chi connectivity index (χ2n) is 4.31. The van der Waals surface area contributed by atoms with E-state index in [4.69, 9.17) is 11.6 Å². The van der Waals surface area contributed by atoms with Crippen LogP contribution in [-0.4, -0.2) is 6.04 Å². The van der Waals surface area contributed by atoms with Crippen molar-refractivity contribution in [2.45, 2.75) is 38.8 Å². The Morgan fingerprint density at radius 1 is 1.59 bits per heavy atom. The molecular formula is C13H16ClFN2. The lowest BCUT2D eigenvalue weighted by Crippen LogP contribution is -2.43. The molecule has 0 amide bonds. The molecule has 1 N–H and O–H groups in total. The van der Waals surface area contributed by atoms with E-state index in [1.807, 2.05) is 13.8 Å². The number of benzene rings is 1. The zero-order chi connectivity index (χ0) is 13.1. The van der Waals surface area contributed by atoms with Crippen LogP contribution in [0.15, 0.2) is 18.2 Å². The van der Waals surface area contributed by atoms with Gasteiger partial charge in [-0.3, -0.25) is 5.32 Å². The maximum Gasteiger partial charge on any atom is 0.131 e. The van der Waals surface area contributed by atoms with E-state index >= 15 is 0 Å². The highest BCUT2D eigenvalue weighted by Gasteiger charge is 2.29. The molecule has 0 spiro atoms. The molecule has 0 bridgehead atoms. The van der Waals surface area contributed by atoms with Crippen molar-refractivity contribution in [1.29, 1.82) is 5.26 Å². The Morgan fingerprint density at radius 3 is 2.71 bits per heavy atom. The average molecular weight is 255 g/mol. The van der Waals surface area contributed by atoms with Crippen LogP contribution in [0.1, 0.15) is 32.8 Å². The Kier molecular flexibility index (Phi) is 4.50. The van der Waals surface area contributed by atoms with Crippen LogP contribution in [0.3, 0.4) is 0 Å². The first-order valence-corrected chi connectivity index (χ1v) is 5.95. The maximum atomic E-state index is 13.0. The quantitative estimate of drug-likeness (QED) is 0.891. The zero-order valence-electron chi connectivity index (χ0n) is 10.2. The molecule has 1 aromatic carbocycles. The fourth-order valence-electron chi connectivity index (χ4n) is 1.66. The molecule has 0 aliphatic carbocycles. The van der Waals surface area contributed by atoms with Crippen LogP contribution in [0.25, 0.3) is 0 Å². The van der Waals surface area contributed by atoms with Crippen molar-refractivity contribution in [3.8, 4) is 6.07 Å². The normalized spacial score (nSPS) is 16.0. The van der Waals surface area contributed by atoms with Gasteiger partial charge in [-0.25, -0.2) is 4.39 Å². The number of halogens is 2. The summed E-state index contributed by atoms with van der Waals surface area (Å²) in [6, 6.07) is 6.48. The summed E-state index contributed by atoms with van der Waals surface area (Å²) in [6.07, 6.45) is 0.899. The Morgan fingerprint density at radius 2 is 2.24 bits per heavy atom. The highest BCUT2D eigenvalue weighted by Crippen LogP contribution is 2.28. The van der Waals surface area contributed by atoms with Gasteiger partial charge in [0.15, 0.2) is 0 Å². The van der Waals surface area contributed by atoms with Crippen LogP contribution >= 0.6 is 11.6 Å². The van der Waals surface area contributed by atoms with E-state index in [-0.39, 0.29) is 11.1 Å². The second kappa shape index (κ2) is 5.48. The third kappa shape index (κ3) is 3.18. The monoisotopic (exact) mass is 254 g/mol. The topological polar surface area (TPSA) is 35.8 Å². The Balaban J connectivity index is 3.13. The first-order chi connectivity index (χ1) is 7.92. The first kappa shape index (κ1) is 14.0. The lowest BCUT2D eigenvalue weighted by molar-refractivity contribution is 0.394. The van der Waals surface area contributed by atoms with Gasteiger partial charge in [-0.05, 0) is 32.4 Å². The van der Waals surface area contributed by atoms with Crippen LogP contribution in [0, 0.1) is 17.1 Å². The molecule has 0 fully saturated rings. The van der Waals surface area contributed by atoms with Gasteiger partial charge < -0.3 is 0 Å². The first-order valence-electron chi connectivity index (χ1n) is 5.57. The van der Waals surface area contributed by atoms with Gasteiger partial charge in [-0.2, -0.15) is 5.26 Å². The molecule has 2 atom stereocenters. The molecule has 4 heteroatoms. The number of rotatable bonds is 4. The average Bonchev–Trinajstić information content (AvgIpc) is 2.28. The molecule has 0 aliphatic heterocycles. The van der Waals surface area contributed by atoms with Gasteiger partial charge >= 0.3 is 0 Å². The standard InChI is InChI=1S/C13H16ClFN2/c1-4-9(2)17-13(3,8-16)11-6-5-10(15)7-12(11)14/h5-7,9,17H,4H2,1-3H3. The summed E-state index contributed by atoms with van der Waals surface area (Å²) in [6.45, 7) is 5.77. The SMILES string of the molecule is CCC(C)NC(C)(C#N)c1ccc(F)cc1Cl. The highest BCUT2D eigenvalue weighted by molar-refractivity contribution is 6.31. The summed E-state index contributed by atoms with van der Waals surface area (Å²) >= 11 is 5.99. The molecular weight excluding hydrogens is 239 g/mol. The molecule has 1 rings (SSSR count). The minimum absolute atomic E-state index is 0.181. The van der Waals surface area contributed by atoms with Gasteiger partial charge in [-0.1, -0.05) is 24.6 Å². The summed E-state index contributed by atoms with van der Waals surface area (Å²) in [7, 11) is 0. The molecule has 0 saturated carbocycles. The molecule has 0 radical (unpaired) electrons. The Labute approximate surface area is 106 Å². The van der Waals surface area contributed by atoms with Crippen molar-refractivity contribution in [3.05, 3.63) is 34.6 Å². The molecule has 0 aliphatic rings. The largest absolute Gasteiger partial charge is 0.293 e. The van der Waals surface area contributed by atoms with E-state index in [2.05, 4.69) is 11.4 Å². The van der Waals surface area contributed by atoms with E-state index in [1.54, 1.807) is 13.0 Å². The number of nitrogens with one attached hydrogen (secondary N) is 1. The van der Waals surface area contributed by atoms with E-state index in [0.29, 0.717) is 5.56 Å². The number of hydrogen-bond acceptors (Lipinski definition) is 2. The van der Waals surface area contributed by atoms with Crippen LogP contribution in [-0.2, 0) is 5.54 Å². The molecule has 0 saturated heterocycles. The van der Waals surface area contributed by atoms with Gasteiger partial charge in [-0.15, -0.1) is 0 Å². The maximum absolute atomic E-state index is 13.0. The highest BCUT2D eigenvalue weighted by atomic mass is 35.5. The van der Waals surface area contributed by atoms with E-state index in [9.17, 15) is 9.65 Å². The van der Waals surface area contributed by atoms with Crippen molar-refractivity contribution in [2.24, 2.45) is 0 Å². The number of nitrogens with zero attached hydrogens (tertiary/aromatic N) is 1. The third-order valence-electron chi connectivity index (χ3n) is 2.84. The number of nitriles is 1. The van der Waals surface area contributed by atoms with E-state index in [0.717, 1.165) is 6.42 Å². The minimum atomic E-state index is -0.903. The lowest BCUT2D eigenvalue weighted by Gasteiger charge is -2.28. The van der Waals surface area contributed by atoms with Crippen LogP contribution in [0.2, 0.25) is 5.02 Å². The minimum Gasteiger partial charge on any atom is -0.293 e. The van der Waals surface area contributed by atoms with Crippen molar-refractivity contribution in [2.75, 3.05) is 0 Å². The summed E-state index contributed by atoms with van der Waals surface area (Å²) in [5, 5.41) is 12.8. The zero-order valence-corrected chi connectivity index (χ0v) is 11.0. The van der Waals surface area contributed by atoms with Crippen LogP contribution in [0.4, 0.5) is 4.39 Å². The predicted octanol–water partition coefficient (Wildman–Crippen LogP) is 3.61. The molecule has 1 aromatic rings. The fourth-order valence-corrected chi connectivity index (χ4v) is 2.02. The Bertz CT molecular complexity index is 442. The van der Waals surface area contributed by atoms with E-state index < -0.39 is 11.4 Å². The molecule has 17 heavy (non-hydrogen) atoms. The van der Waals surface area contributed by atoms with E-state index in [1.165, 1.54) is 12.1 Å². The molecule has 0 heterocycles. The van der Waals surface area contributed by atoms with Gasteiger partial charge in [0.05, 0.1) is 6.07 Å². The molecule has 2 unspecified atom stereocenters. The van der Waals surface area contributed by atoms with Crippen molar-refractivity contribution in [1.82, 2.24) is 5.32 Å².